The number of hydrogen-bond acceptors (Lipinski definition) is 3. The fraction of sp³-hybridized carbons (Fsp3) is 0.286. The Morgan fingerprint density at radius 1 is 1.42 bits per heavy atom. The Morgan fingerprint density at radius 2 is 2.11 bits per heavy atom. The number of halogens is 1. The van der Waals surface area contributed by atoms with Gasteiger partial charge in [-0.05, 0) is 32.9 Å². The van der Waals surface area contributed by atoms with Crippen molar-refractivity contribution in [1.29, 1.82) is 5.26 Å². The van der Waals surface area contributed by atoms with Gasteiger partial charge in [-0.1, -0.05) is 22.0 Å². The third-order valence-electron chi connectivity index (χ3n) is 2.47. The highest BCUT2D eigenvalue weighted by atomic mass is 79.9. The number of hydrogen-bond donors (Lipinski definition) is 0. The molecule has 0 fully saturated rings. The number of ether oxygens (including phenoxy) is 1. The monoisotopic (exact) mass is 320 g/mol. The normalized spacial score (nSPS) is 11.3. The molecule has 4 nitrogen and oxygen atoms in total. The molecule has 2 aromatic rings. The Kier molecular flexibility index (Phi) is 3.38. The number of carbonyl (C=O) groups excluding carboxylic acids is 1. The maximum Gasteiger partial charge on any atom is 0.419 e. The van der Waals surface area contributed by atoms with E-state index in [0.29, 0.717) is 0 Å². The fourth-order valence-electron chi connectivity index (χ4n) is 1.76. The van der Waals surface area contributed by atoms with Gasteiger partial charge in [-0.25, -0.2) is 9.36 Å². The molecule has 0 atom stereocenters. The van der Waals surface area contributed by atoms with E-state index in [1.165, 1.54) is 4.57 Å². The molecule has 0 aliphatic carbocycles. The van der Waals surface area contributed by atoms with Crippen molar-refractivity contribution in [1.82, 2.24) is 4.57 Å². The summed E-state index contributed by atoms with van der Waals surface area (Å²) in [5.74, 6) is 0. The quantitative estimate of drug-likeness (QED) is 0.735. The van der Waals surface area contributed by atoms with Crippen LogP contribution in [0.15, 0.2) is 28.9 Å². The highest BCUT2D eigenvalue weighted by Gasteiger charge is 2.21. The number of benzene rings is 1. The van der Waals surface area contributed by atoms with E-state index < -0.39 is 11.7 Å². The van der Waals surface area contributed by atoms with Crippen molar-refractivity contribution in [3.8, 4) is 6.07 Å². The zero-order chi connectivity index (χ0) is 14.2. The Hall–Kier alpha value is -1.80. The second-order valence-corrected chi connectivity index (χ2v) is 6.09. The fourth-order valence-corrected chi connectivity index (χ4v) is 2.14. The summed E-state index contributed by atoms with van der Waals surface area (Å²) in [6.07, 6.45) is 1.07. The van der Waals surface area contributed by atoms with Crippen LogP contribution < -0.4 is 0 Å². The van der Waals surface area contributed by atoms with Gasteiger partial charge >= 0.3 is 6.09 Å². The second kappa shape index (κ2) is 4.71. The minimum absolute atomic E-state index is 0.289. The molecule has 0 spiro atoms. The smallest absolute Gasteiger partial charge is 0.419 e. The first-order valence-corrected chi connectivity index (χ1v) is 6.55. The van der Waals surface area contributed by atoms with E-state index in [-0.39, 0.29) is 5.69 Å². The van der Waals surface area contributed by atoms with Crippen LogP contribution in [0.3, 0.4) is 0 Å². The minimum Gasteiger partial charge on any atom is -0.443 e. The van der Waals surface area contributed by atoms with Crippen LogP contribution in [0.2, 0.25) is 0 Å². The predicted octanol–water partition coefficient (Wildman–Crippen LogP) is 4.06. The minimum atomic E-state index is -0.596. The Morgan fingerprint density at radius 3 is 2.68 bits per heavy atom. The zero-order valence-electron chi connectivity index (χ0n) is 10.9. The van der Waals surface area contributed by atoms with Crippen LogP contribution in [0, 0.1) is 11.3 Å². The highest BCUT2D eigenvalue weighted by molar-refractivity contribution is 9.10. The topological polar surface area (TPSA) is 55.0 Å². The molecule has 0 unspecified atom stereocenters. The van der Waals surface area contributed by atoms with E-state index >= 15 is 0 Å². The molecule has 1 aromatic carbocycles. The van der Waals surface area contributed by atoms with Gasteiger partial charge in [0.1, 0.15) is 17.4 Å². The summed E-state index contributed by atoms with van der Waals surface area (Å²) >= 11 is 3.37. The van der Waals surface area contributed by atoms with Gasteiger partial charge in [-0.2, -0.15) is 5.26 Å². The first-order valence-electron chi connectivity index (χ1n) is 5.76. The Balaban J connectivity index is 2.55. The summed E-state index contributed by atoms with van der Waals surface area (Å²) in [6.45, 7) is 5.37. The number of nitriles is 1. The van der Waals surface area contributed by atoms with Gasteiger partial charge < -0.3 is 4.74 Å². The SMILES string of the molecule is CC(C)(C)OC(=O)n1cc2cc(Br)ccc2c1C#N. The molecule has 0 saturated heterocycles. The molecule has 5 heteroatoms. The molecule has 0 bridgehead atoms. The largest absolute Gasteiger partial charge is 0.443 e. The Labute approximate surface area is 119 Å². The molecule has 0 saturated carbocycles. The number of carbonyl (C=O) groups is 1. The van der Waals surface area contributed by atoms with E-state index in [1.807, 2.05) is 12.1 Å². The van der Waals surface area contributed by atoms with Gasteiger partial charge in [-0.3, -0.25) is 0 Å². The van der Waals surface area contributed by atoms with Crippen LogP contribution in [0.4, 0.5) is 4.79 Å². The van der Waals surface area contributed by atoms with Crippen molar-refractivity contribution in [3.63, 3.8) is 0 Å². The van der Waals surface area contributed by atoms with Crippen molar-refractivity contribution in [3.05, 3.63) is 34.6 Å². The van der Waals surface area contributed by atoms with Crippen molar-refractivity contribution < 1.29 is 9.53 Å². The van der Waals surface area contributed by atoms with E-state index in [9.17, 15) is 10.1 Å². The molecule has 2 rings (SSSR count). The molecule has 0 amide bonds. The van der Waals surface area contributed by atoms with Gasteiger partial charge in [0.15, 0.2) is 0 Å². The van der Waals surface area contributed by atoms with E-state index in [0.717, 1.165) is 15.2 Å². The Bertz CT molecular complexity index is 690. The average Bonchev–Trinajstić information content (AvgIpc) is 2.64. The molecular weight excluding hydrogens is 308 g/mol. The summed E-state index contributed by atoms with van der Waals surface area (Å²) in [6, 6.07) is 7.55. The van der Waals surface area contributed by atoms with Crippen LogP contribution in [-0.4, -0.2) is 16.3 Å². The number of rotatable bonds is 0. The molecule has 0 aliphatic rings. The van der Waals surface area contributed by atoms with Crippen molar-refractivity contribution in [2.45, 2.75) is 26.4 Å². The highest BCUT2D eigenvalue weighted by Crippen LogP contribution is 2.25. The summed E-state index contributed by atoms with van der Waals surface area (Å²) in [4.78, 5) is 12.1. The third kappa shape index (κ3) is 2.79. The van der Waals surface area contributed by atoms with Gasteiger partial charge in [0.05, 0.1) is 0 Å². The molecule has 0 N–H and O–H groups in total. The van der Waals surface area contributed by atoms with Crippen molar-refractivity contribution in [2.24, 2.45) is 0 Å². The molecule has 0 radical (unpaired) electrons. The lowest BCUT2D eigenvalue weighted by molar-refractivity contribution is 0.0536. The number of fused-ring (bicyclic) bond motifs is 1. The van der Waals surface area contributed by atoms with Gasteiger partial charge in [0.2, 0.25) is 0 Å². The predicted molar refractivity (Wildman–Crippen MR) is 76.0 cm³/mol. The van der Waals surface area contributed by atoms with Gasteiger partial charge in [0.25, 0.3) is 0 Å². The van der Waals surface area contributed by atoms with E-state index in [2.05, 4.69) is 22.0 Å². The molecule has 19 heavy (non-hydrogen) atoms. The number of nitrogens with zero attached hydrogens (tertiary/aromatic N) is 2. The molecule has 1 aromatic heterocycles. The molecule has 98 valence electrons. The number of aromatic nitrogens is 1. The molecule has 1 heterocycles. The maximum atomic E-state index is 12.1. The van der Waals surface area contributed by atoms with E-state index in [4.69, 9.17) is 4.74 Å². The third-order valence-corrected chi connectivity index (χ3v) is 2.97. The van der Waals surface area contributed by atoms with Crippen LogP contribution in [0.5, 0.6) is 0 Å². The van der Waals surface area contributed by atoms with Crippen LogP contribution >= 0.6 is 15.9 Å². The second-order valence-electron chi connectivity index (χ2n) is 5.17. The first-order chi connectivity index (χ1) is 8.81. The van der Waals surface area contributed by atoms with Crippen LogP contribution in [0.25, 0.3) is 10.8 Å². The van der Waals surface area contributed by atoms with E-state index in [1.54, 1.807) is 33.0 Å². The van der Waals surface area contributed by atoms with Crippen molar-refractivity contribution in [2.75, 3.05) is 0 Å². The zero-order valence-corrected chi connectivity index (χ0v) is 12.5. The lowest BCUT2D eigenvalue weighted by Gasteiger charge is -2.19. The molecular formula is C14H13BrN2O2. The van der Waals surface area contributed by atoms with Crippen LogP contribution in [-0.2, 0) is 4.74 Å². The average molecular weight is 321 g/mol. The lowest BCUT2D eigenvalue weighted by atomic mass is 10.2. The van der Waals surface area contributed by atoms with Gasteiger partial charge in [-0.15, -0.1) is 0 Å². The summed E-state index contributed by atoms with van der Waals surface area (Å²) in [5, 5.41) is 10.8. The van der Waals surface area contributed by atoms with Crippen molar-refractivity contribution >= 4 is 32.8 Å². The first kappa shape index (κ1) is 13.6. The summed E-state index contributed by atoms with van der Waals surface area (Å²) < 4.78 is 7.43. The van der Waals surface area contributed by atoms with Gasteiger partial charge in [0, 0.05) is 21.4 Å². The van der Waals surface area contributed by atoms with Crippen LogP contribution in [0.1, 0.15) is 26.5 Å². The summed E-state index contributed by atoms with van der Waals surface area (Å²) in [5.41, 5.74) is -0.308. The summed E-state index contributed by atoms with van der Waals surface area (Å²) in [7, 11) is 0. The molecule has 0 aliphatic heterocycles. The lowest BCUT2D eigenvalue weighted by Crippen LogP contribution is -2.27. The standard InChI is InChI=1S/C14H13BrN2O2/c1-14(2,3)19-13(18)17-8-9-6-10(15)4-5-11(9)12(17)7-16/h4-6,8H,1-3H3. The maximum absolute atomic E-state index is 12.1.